The average molecular weight is 566 g/mol. The fraction of sp³-hybridized carbons (Fsp3) is 0.357. The first-order valence-corrected chi connectivity index (χ1v) is 13.9. The molecule has 3 aromatic heterocycles. The monoisotopic (exact) mass is 565 g/mol. The molecule has 0 unspecified atom stereocenters. The van der Waals surface area contributed by atoms with Crippen molar-refractivity contribution in [2.75, 3.05) is 23.7 Å². The van der Waals surface area contributed by atoms with Crippen LogP contribution in [0, 0.1) is 11.2 Å². The second-order valence-corrected chi connectivity index (χ2v) is 12.2. The molecular formula is C28H29F2N7O2S. The summed E-state index contributed by atoms with van der Waals surface area (Å²) in [5.41, 5.74) is 1.65. The summed E-state index contributed by atoms with van der Waals surface area (Å²) in [6.45, 7) is 6.63. The van der Waals surface area contributed by atoms with Crippen LogP contribution in [-0.2, 0) is 20.0 Å². The number of likely N-dealkylation sites (tertiary alicyclic amines) is 1. The van der Waals surface area contributed by atoms with Gasteiger partial charge in [-0.05, 0) is 56.3 Å². The zero-order chi connectivity index (χ0) is 28.2. The van der Waals surface area contributed by atoms with E-state index < -0.39 is 28.9 Å². The van der Waals surface area contributed by atoms with Crippen molar-refractivity contribution in [3.05, 3.63) is 73.6 Å². The highest BCUT2D eigenvalue weighted by Gasteiger charge is 2.41. The minimum atomic E-state index is -1.15. The molecule has 3 N–H and O–H groups in total. The van der Waals surface area contributed by atoms with Gasteiger partial charge in [0.2, 0.25) is 0 Å². The summed E-state index contributed by atoms with van der Waals surface area (Å²) in [6.07, 6.45) is 0.603. The Labute approximate surface area is 233 Å². The zero-order valence-electron chi connectivity index (χ0n) is 22.3. The lowest BCUT2D eigenvalue weighted by molar-refractivity contribution is 0.102. The zero-order valence-corrected chi connectivity index (χ0v) is 23.2. The molecule has 208 valence electrons. The van der Waals surface area contributed by atoms with Crippen molar-refractivity contribution >= 4 is 34.4 Å². The molecule has 0 bridgehead atoms. The van der Waals surface area contributed by atoms with Crippen molar-refractivity contribution in [1.29, 1.82) is 0 Å². The van der Waals surface area contributed by atoms with Gasteiger partial charge >= 0.3 is 0 Å². The Morgan fingerprint density at radius 2 is 2.00 bits per heavy atom. The summed E-state index contributed by atoms with van der Waals surface area (Å²) in [5, 5.41) is 16.7. The second-order valence-electron chi connectivity index (χ2n) is 11.1. The SMILES string of the molecule is Cn1nc(Nc2cc(-c3ccc(F)c(NC(=O)c4cc5c(s4)CC(C)(C)[C@@H]5F)c3)n[nH]c2=O)cc1CN1CCC1. The molecule has 0 radical (unpaired) electrons. The molecule has 2 aliphatic rings. The van der Waals surface area contributed by atoms with Crippen molar-refractivity contribution in [2.24, 2.45) is 12.5 Å². The number of aromatic amines is 1. The molecule has 9 nitrogen and oxygen atoms in total. The van der Waals surface area contributed by atoms with E-state index in [0.717, 1.165) is 30.2 Å². The van der Waals surface area contributed by atoms with Crippen LogP contribution in [0.1, 0.15) is 52.2 Å². The van der Waals surface area contributed by atoms with Gasteiger partial charge in [0, 0.05) is 41.1 Å². The molecule has 40 heavy (non-hydrogen) atoms. The number of rotatable bonds is 7. The molecule has 4 aromatic rings. The molecule has 0 saturated carbocycles. The summed E-state index contributed by atoms with van der Waals surface area (Å²) < 4.78 is 31.2. The topological polar surface area (TPSA) is 108 Å². The molecule has 0 spiro atoms. The van der Waals surface area contributed by atoms with Gasteiger partial charge in [0.1, 0.15) is 17.7 Å². The fourth-order valence-electron chi connectivity index (χ4n) is 5.06. The van der Waals surface area contributed by atoms with E-state index in [1.807, 2.05) is 27.0 Å². The molecule has 1 saturated heterocycles. The van der Waals surface area contributed by atoms with E-state index in [4.69, 9.17) is 0 Å². The van der Waals surface area contributed by atoms with Crippen LogP contribution < -0.4 is 16.2 Å². The summed E-state index contributed by atoms with van der Waals surface area (Å²) >= 11 is 1.23. The maximum atomic E-state index is 14.8. The Morgan fingerprint density at radius 3 is 2.73 bits per heavy atom. The number of anilines is 3. The van der Waals surface area contributed by atoms with E-state index in [1.54, 1.807) is 16.8 Å². The fourth-order valence-corrected chi connectivity index (χ4v) is 6.38. The van der Waals surface area contributed by atoms with E-state index in [0.29, 0.717) is 33.9 Å². The standard InChI is InChI=1S/C28H29F2N7O2S/c1-28(2)13-23-17(25(28)30)11-22(40-23)27(39)32-20-9-15(5-6-18(20)29)19-12-21(26(38)34-33-19)31-24-10-16(36(3)35-24)14-37-7-4-8-37/h5-6,9-12,25H,4,7-8,13-14H2,1-3H3,(H,32,39)(H,34,38)(H,31,33,35)/t25-/m1/s1. The number of nitrogens with one attached hydrogen (secondary N) is 3. The van der Waals surface area contributed by atoms with Gasteiger partial charge in [-0.1, -0.05) is 13.8 Å². The van der Waals surface area contributed by atoms with Crippen LogP contribution in [0.25, 0.3) is 11.3 Å². The quantitative estimate of drug-likeness (QED) is 0.286. The minimum Gasteiger partial charge on any atom is -0.334 e. The molecular weight excluding hydrogens is 536 g/mol. The minimum absolute atomic E-state index is 0.0453. The highest BCUT2D eigenvalue weighted by atomic mass is 32.1. The maximum absolute atomic E-state index is 14.8. The number of carbonyl (C=O) groups excluding carboxylic acids is 1. The Balaban J connectivity index is 1.21. The number of carbonyl (C=O) groups is 1. The van der Waals surface area contributed by atoms with Crippen LogP contribution >= 0.6 is 11.3 Å². The number of H-pyrrole nitrogens is 1. The van der Waals surface area contributed by atoms with Gasteiger partial charge in [0.25, 0.3) is 11.5 Å². The predicted molar refractivity (Wildman–Crippen MR) is 150 cm³/mol. The lowest BCUT2D eigenvalue weighted by Crippen LogP contribution is -2.36. The van der Waals surface area contributed by atoms with Gasteiger partial charge in [-0.2, -0.15) is 10.2 Å². The number of thiophene rings is 1. The van der Waals surface area contributed by atoms with E-state index in [1.165, 1.54) is 36.0 Å². The van der Waals surface area contributed by atoms with Crippen molar-refractivity contribution in [2.45, 2.75) is 39.4 Å². The first-order valence-electron chi connectivity index (χ1n) is 13.1. The Hall–Kier alpha value is -3.90. The lowest BCUT2D eigenvalue weighted by Gasteiger charge is -2.30. The van der Waals surface area contributed by atoms with E-state index in [2.05, 4.69) is 30.8 Å². The van der Waals surface area contributed by atoms with Gasteiger partial charge in [-0.3, -0.25) is 19.2 Å². The molecule has 1 aliphatic carbocycles. The molecule has 1 aliphatic heterocycles. The maximum Gasteiger partial charge on any atom is 0.287 e. The first kappa shape index (κ1) is 26.3. The summed E-state index contributed by atoms with van der Waals surface area (Å²) in [4.78, 5) is 28.9. The predicted octanol–water partition coefficient (Wildman–Crippen LogP) is 5.17. The molecule has 1 fully saturated rings. The number of halogens is 2. The Kier molecular flexibility index (Phi) is 6.54. The van der Waals surface area contributed by atoms with Crippen LogP contribution in [0.3, 0.4) is 0 Å². The number of nitrogens with zero attached hydrogens (tertiary/aromatic N) is 4. The highest BCUT2D eigenvalue weighted by molar-refractivity contribution is 7.14. The number of hydrogen-bond acceptors (Lipinski definition) is 7. The van der Waals surface area contributed by atoms with Gasteiger partial charge in [0.15, 0.2) is 5.82 Å². The number of amides is 1. The number of fused-ring (bicyclic) bond motifs is 1. The van der Waals surface area contributed by atoms with Crippen LogP contribution in [0.15, 0.2) is 41.2 Å². The highest BCUT2D eigenvalue weighted by Crippen LogP contribution is 2.50. The molecule has 4 heterocycles. The van der Waals surface area contributed by atoms with Crippen LogP contribution in [0.4, 0.5) is 26.0 Å². The van der Waals surface area contributed by atoms with Crippen molar-refractivity contribution < 1.29 is 13.6 Å². The second kappa shape index (κ2) is 9.93. The van der Waals surface area contributed by atoms with Crippen LogP contribution in [0.5, 0.6) is 0 Å². The number of aromatic nitrogens is 4. The summed E-state index contributed by atoms with van der Waals surface area (Å²) in [7, 11) is 1.86. The lowest BCUT2D eigenvalue weighted by atomic mass is 9.89. The molecule has 6 rings (SSSR count). The van der Waals surface area contributed by atoms with Gasteiger partial charge in [-0.15, -0.1) is 11.3 Å². The van der Waals surface area contributed by atoms with Crippen molar-refractivity contribution in [3.8, 4) is 11.3 Å². The number of aryl methyl sites for hydroxylation is 1. The normalized spacial score (nSPS) is 17.9. The van der Waals surface area contributed by atoms with Crippen LogP contribution in [0.2, 0.25) is 0 Å². The third-order valence-electron chi connectivity index (χ3n) is 7.53. The first-order chi connectivity index (χ1) is 19.1. The smallest absolute Gasteiger partial charge is 0.287 e. The molecule has 1 amide bonds. The molecule has 1 atom stereocenters. The van der Waals surface area contributed by atoms with Crippen molar-refractivity contribution in [3.63, 3.8) is 0 Å². The van der Waals surface area contributed by atoms with Gasteiger partial charge < -0.3 is 10.6 Å². The third kappa shape index (κ3) is 4.92. The number of alkyl halides is 1. The number of hydrogen-bond donors (Lipinski definition) is 3. The van der Waals surface area contributed by atoms with E-state index in [-0.39, 0.29) is 11.4 Å². The molecule has 12 heteroatoms. The Morgan fingerprint density at radius 1 is 1.20 bits per heavy atom. The average Bonchev–Trinajstić information content (AvgIpc) is 3.51. The van der Waals surface area contributed by atoms with Gasteiger partial charge in [0.05, 0.1) is 22.0 Å². The summed E-state index contributed by atoms with van der Waals surface area (Å²) in [6, 6.07) is 9.19. The largest absolute Gasteiger partial charge is 0.334 e. The van der Waals surface area contributed by atoms with E-state index >= 15 is 0 Å². The van der Waals surface area contributed by atoms with Crippen molar-refractivity contribution in [1.82, 2.24) is 24.9 Å². The van der Waals surface area contributed by atoms with E-state index in [9.17, 15) is 18.4 Å². The molecule has 1 aromatic carbocycles. The number of benzene rings is 1. The third-order valence-corrected chi connectivity index (χ3v) is 8.68. The van der Waals surface area contributed by atoms with Gasteiger partial charge in [-0.25, -0.2) is 13.9 Å². The summed E-state index contributed by atoms with van der Waals surface area (Å²) in [5.74, 6) is -0.618. The Bertz CT molecular complexity index is 1670. The van der Waals surface area contributed by atoms with Crippen LogP contribution in [-0.4, -0.2) is 43.9 Å².